The van der Waals surface area contributed by atoms with Gasteiger partial charge >= 0.3 is 5.97 Å². The molecule has 1 aromatic rings. The Kier molecular flexibility index (Phi) is 5.74. The van der Waals surface area contributed by atoms with Crippen LogP contribution in [0.3, 0.4) is 0 Å². The third-order valence-corrected chi connectivity index (χ3v) is 11.5. The number of fused-ring (bicyclic) bond motifs is 5. The molecular weight excluding hydrogens is 392 g/mol. The van der Waals surface area contributed by atoms with Crippen LogP contribution >= 0.6 is 0 Å². The summed E-state index contributed by atoms with van der Waals surface area (Å²) in [5.41, 5.74) is 2.95. The third kappa shape index (κ3) is 3.55. The van der Waals surface area contributed by atoms with Crippen molar-refractivity contribution in [3.05, 3.63) is 35.9 Å². The summed E-state index contributed by atoms with van der Waals surface area (Å²) in [5, 5.41) is 0. The summed E-state index contributed by atoms with van der Waals surface area (Å²) in [5.74, 6) is 3.36. The molecule has 4 aliphatic carbocycles. The van der Waals surface area contributed by atoms with E-state index in [-0.39, 0.29) is 12.1 Å². The fraction of sp³-hybridized carbons (Fsp3) is 0.767. The summed E-state index contributed by atoms with van der Waals surface area (Å²) < 4.78 is 5.66. The maximum atomic E-state index is 11.5. The molecule has 0 N–H and O–H groups in total. The van der Waals surface area contributed by atoms with Crippen LogP contribution in [0.15, 0.2) is 30.3 Å². The zero-order valence-electron chi connectivity index (χ0n) is 20.9. The lowest BCUT2D eigenvalue weighted by Crippen LogP contribution is -2.55. The third-order valence-electron chi connectivity index (χ3n) is 11.5. The van der Waals surface area contributed by atoms with Gasteiger partial charge in [-0.25, -0.2) is 0 Å². The first-order valence-electron chi connectivity index (χ1n) is 13.5. The fourth-order valence-electron chi connectivity index (χ4n) is 9.40. The van der Waals surface area contributed by atoms with Crippen molar-refractivity contribution >= 4 is 5.97 Å². The molecule has 4 saturated carbocycles. The van der Waals surface area contributed by atoms with E-state index in [1.165, 1.54) is 63.4 Å². The summed E-state index contributed by atoms with van der Waals surface area (Å²) in [6, 6.07) is 11.1. The van der Waals surface area contributed by atoms with E-state index in [1.54, 1.807) is 6.92 Å². The number of benzene rings is 1. The average molecular weight is 437 g/mol. The molecule has 8 unspecified atom stereocenters. The van der Waals surface area contributed by atoms with Crippen LogP contribution in [-0.4, -0.2) is 12.1 Å². The van der Waals surface area contributed by atoms with Gasteiger partial charge in [0, 0.05) is 6.92 Å². The van der Waals surface area contributed by atoms with Gasteiger partial charge in [0.05, 0.1) is 0 Å². The summed E-state index contributed by atoms with van der Waals surface area (Å²) >= 11 is 0. The first kappa shape index (κ1) is 22.5. The minimum atomic E-state index is -0.0959. The van der Waals surface area contributed by atoms with Crippen molar-refractivity contribution in [2.45, 2.75) is 104 Å². The predicted octanol–water partition coefficient (Wildman–Crippen LogP) is 7.60. The molecule has 32 heavy (non-hydrogen) atoms. The molecule has 176 valence electrons. The molecular formula is C30H44O2. The number of aryl methyl sites for hydroxylation is 1. The Hall–Kier alpha value is -1.31. The molecule has 4 aliphatic rings. The van der Waals surface area contributed by atoms with E-state index in [9.17, 15) is 4.79 Å². The molecule has 0 bridgehead atoms. The highest BCUT2D eigenvalue weighted by molar-refractivity contribution is 5.66. The zero-order valence-corrected chi connectivity index (χ0v) is 20.9. The number of hydrogen-bond acceptors (Lipinski definition) is 2. The van der Waals surface area contributed by atoms with Gasteiger partial charge in [-0.2, -0.15) is 0 Å². The van der Waals surface area contributed by atoms with E-state index in [2.05, 4.69) is 51.1 Å². The molecule has 2 nitrogen and oxygen atoms in total. The maximum absolute atomic E-state index is 11.5. The van der Waals surface area contributed by atoms with Gasteiger partial charge < -0.3 is 4.74 Å². The van der Waals surface area contributed by atoms with Crippen LogP contribution in [0.4, 0.5) is 0 Å². The molecule has 0 spiro atoms. The van der Waals surface area contributed by atoms with Crippen LogP contribution < -0.4 is 0 Å². The number of carbonyl (C=O) groups excluding carboxylic acids is 1. The molecule has 0 aromatic heterocycles. The lowest BCUT2D eigenvalue weighted by molar-refractivity contribution is -0.162. The summed E-state index contributed by atoms with van der Waals surface area (Å²) in [6.45, 7) is 9.50. The molecule has 5 rings (SSSR count). The van der Waals surface area contributed by atoms with Crippen molar-refractivity contribution in [2.24, 2.45) is 39.9 Å². The number of rotatable bonds is 4. The van der Waals surface area contributed by atoms with Gasteiger partial charge in [0.25, 0.3) is 0 Å². The van der Waals surface area contributed by atoms with Gasteiger partial charge in [0.15, 0.2) is 0 Å². The van der Waals surface area contributed by atoms with Gasteiger partial charge in [0.1, 0.15) is 6.10 Å². The second-order valence-electron chi connectivity index (χ2n) is 12.7. The Morgan fingerprint density at radius 3 is 2.44 bits per heavy atom. The lowest BCUT2D eigenvalue weighted by atomic mass is 9.43. The van der Waals surface area contributed by atoms with E-state index in [0.717, 1.165) is 36.5 Å². The second kappa shape index (κ2) is 8.17. The van der Waals surface area contributed by atoms with E-state index >= 15 is 0 Å². The summed E-state index contributed by atoms with van der Waals surface area (Å²) in [4.78, 5) is 11.5. The largest absolute Gasteiger partial charge is 0.463 e. The molecule has 4 fully saturated rings. The lowest BCUT2D eigenvalue weighted by Gasteiger charge is -2.62. The molecule has 2 heteroatoms. The Morgan fingerprint density at radius 1 is 0.938 bits per heavy atom. The van der Waals surface area contributed by atoms with Crippen molar-refractivity contribution < 1.29 is 9.53 Å². The zero-order chi connectivity index (χ0) is 22.6. The highest BCUT2D eigenvalue weighted by Gasteiger charge is 2.63. The number of hydrogen-bond donors (Lipinski definition) is 0. The van der Waals surface area contributed by atoms with Crippen LogP contribution in [0.5, 0.6) is 0 Å². The molecule has 1 aromatic carbocycles. The highest BCUT2D eigenvalue weighted by Crippen LogP contribution is 2.71. The quantitative estimate of drug-likeness (QED) is 0.454. The molecule has 0 amide bonds. The Balaban J connectivity index is 1.31. The first-order valence-corrected chi connectivity index (χ1v) is 13.5. The molecule has 0 radical (unpaired) electrons. The standard InChI is InChI=1S/C30H44O2/c1-21(31)32-24-13-18-29(3)23(20-24)10-11-25-26(29)15-19-30(4)27(25)14-17-28(30,2)16-12-22-8-6-5-7-9-22/h5-9,23-27H,10-20H2,1-4H3. The van der Waals surface area contributed by atoms with E-state index < -0.39 is 0 Å². The molecule has 0 saturated heterocycles. The van der Waals surface area contributed by atoms with Crippen LogP contribution in [0.25, 0.3) is 0 Å². The monoisotopic (exact) mass is 436 g/mol. The smallest absolute Gasteiger partial charge is 0.302 e. The van der Waals surface area contributed by atoms with Crippen molar-refractivity contribution in [2.75, 3.05) is 0 Å². The van der Waals surface area contributed by atoms with Gasteiger partial charge in [0.2, 0.25) is 0 Å². The van der Waals surface area contributed by atoms with Crippen LogP contribution in [-0.2, 0) is 16.0 Å². The van der Waals surface area contributed by atoms with Crippen molar-refractivity contribution in [1.82, 2.24) is 0 Å². The van der Waals surface area contributed by atoms with Crippen molar-refractivity contribution in [3.63, 3.8) is 0 Å². The van der Waals surface area contributed by atoms with E-state index in [0.29, 0.717) is 16.2 Å². The first-order chi connectivity index (χ1) is 15.3. The van der Waals surface area contributed by atoms with E-state index in [1.807, 2.05) is 0 Å². The minimum Gasteiger partial charge on any atom is -0.463 e. The fourth-order valence-corrected chi connectivity index (χ4v) is 9.40. The van der Waals surface area contributed by atoms with Crippen molar-refractivity contribution in [1.29, 1.82) is 0 Å². The summed E-state index contributed by atoms with van der Waals surface area (Å²) in [6.07, 6.45) is 14.6. The van der Waals surface area contributed by atoms with Crippen LogP contribution in [0, 0.1) is 39.9 Å². The van der Waals surface area contributed by atoms with Gasteiger partial charge in [-0.05, 0) is 116 Å². The normalized spacial score (nSPS) is 45.4. The molecule has 0 heterocycles. The van der Waals surface area contributed by atoms with E-state index in [4.69, 9.17) is 4.74 Å². The number of ether oxygens (including phenoxy) is 1. The second-order valence-corrected chi connectivity index (χ2v) is 12.7. The number of carbonyl (C=O) groups is 1. The Labute approximate surface area is 195 Å². The minimum absolute atomic E-state index is 0.0959. The van der Waals surface area contributed by atoms with Gasteiger partial charge in [-0.1, -0.05) is 51.1 Å². The van der Waals surface area contributed by atoms with Gasteiger partial charge in [-0.15, -0.1) is 0 Å². The number of esters is 1. The predicted molar refractivity (Wildman–Crippen MR) is 130 cm³/mol. The Morgan fingerprint density at radius 2 is 1.69 bits per heavy atom. The topological polar surface area (TPSA) is 26.3 Å². The van der Waals surface area contributed by atoms with Crippen LogP contribution in [0.1, 0.15) is 97.5 Å². The SMILES string of the molecule is CC(=O)OC1CCC2(C)C(CCC3C2CCC2(C)C3CCC2(C)CCc2ccccc2)C1. The van der Waals surface area contributed by atoms with Crippen LogP contribution in [0.2, 0.25) is 0 Å². The highest BCUT2D eigenvalue weighted by atomic mass is 16.5. The van der Waals surface area contributed by atoms with Crippen molar-refractivity contribution in [3.8, 4) is 0 Å². The summed E-state index contributed by atoms with van der Waals surface area (Å²) in [7, 11) is 0. The Bertz CT molecular complexity index is 832. The maximum Gasteiger partial charge on any atom is 0.302 e. The molecule has 0 aliphatic heterocycles. The van der Waals surface area contributed by atoms with Gasteiger partial charge in [-0.3, -0.25) is 4.79 Å². The molecule has 8 atom stereocenters. The average Bonchev–Trinajstić information content (AvgIpc) is 3.04.